The highest BCUT2D eigenvalue weighted by molar-refractivity contribution is 6.99. The standard InChI is InChI=1S/C21H26O3Si/c1-21(2,3)25(17-10-6-4-7-11-17,18-12-8-5-9-13-18)24-19-14-15-23-20(19)16-22/h4-15,19-20,22H,16H2,1-3H3/t19-,20+/m0/s1. The first kappa shape index (κ1) is 17.9. The molecule has 0 spiro atoms. The highest BCUT2D eigenvalue weighted by Gasteiger charge is 2.52. The van der Waals surface area contributed by atoms with E-state index < -0.39 is 8.32 Å². The molecule has 3 nitrogen and oxygen atoms in total. The van der Waals surface area contributed by atoms with E-state index in [0.29, 0.717) is 0 Å². The molecule has 1 N–H and O–H groups in total. The van der Waals surface area contributed by atoms with Crippen LogP contribution in [-0.2, 0) is 9.16 Å². The van der Waals surface area contributed by atoms with Crippen molar-refractivity contribution in [3.8, 4) is 0 Å². The molecule has 0 bridgehead atoms. The Kier molecular flexibility index (Phi) is 5.13. The second-order valence-electron chi connectivity index (χ2n) is 7.43. The molecule has 0 saturated heterocycles. The molecule has 0 unspecified atom stereocenters. The van der Waals surface area contributed by atoms with Crippen molar-refractivity contribution in [2.75, 3.05) is 6.61 Å². The fraction of sp³-hybridized carbons (Fsp3) is 0.333. The summed E-state index contributed by atoms with van der Waals surface area (Å²) in [5, 5.41) is 12.0. The van der Waals surface area contributed by atoms with Crippen LogP contribution in [0.3, 0.4) is 0 Å². The Morgan fingerprint density at radius 2 is 1.48 bits per heavy atom. The molecule has 0 saturated carbocycles. The zero-order chi connectivity index (χ0) is 17.9. The first-order valence-electron chi connectivity index (χ1n) is 8.71. The summed E-state index contributed by atoms with van der Waals surface area (Å²) in [5.74, 6) is 0. The van der Waals surface area contributed by atoms with Crippen LogP contribution >= 0.6 is 0 Å². The normalized spacial score (nSPS) is 20.5. The molecule has 0 fully saturated rings. The molecule has 1 aliphatic rings. The minimum atomic E-state index is -2.61. The molecule has 4 heteroatoms. The van der Waals surface area contributed by atoms with Crippen molar-refractivity contribution >= 4 is 18.7 Å². The van der Waals surface area contributed by atoms with Gasteiger partial charge in [-0.25, -0.2) is 0 Å². The Morgan fingerprint density at radius 3 is 1.92 bits per heavy atom. The number of ether oxygens (including phenoxy) is 1. The van der Waals surface area contributed by atoms with Gasteiger partial charge in [-0.3, -0.25) is 0 Å². The summed E-state index contributed by atoms with van der Waals surface area (Å²) in [7, 11) is -2.61. The maximum atomic E-state index is 9.65. The minimum absolute atomic E-state index is 0.0597. The predicted octanol–water partition coefficient (Wildman–Crippen LogP) is 2.84. The van der Waals surface area contributed by atoms with Gasteiger partial charge in [-0.1, -0.05) is 81.4 Å². The molecular weight excluding hydrogens is 328 g/mol. The topological polar surface area (TPSA) is 38.7 Å². The Labute approximate surface area is 151 Å². The Hall–Kier alpha value is -1.88. The summed E-state index contributed by atoms with van der Waals surface area (Å²) in [4.78, 5) is 0. The van der Waals surface area contributed by atoms with Crippen LogP contribution in [0.2, 0.25) is 5.04 Å². The van der Waals surface area contributed by atoms with Crippen LogP contribution in [0.1, 0.15) is 20.8 Å². The number of hydrogen-bond acceptors (Lipinski definition) is 3. The molecule has 0 aromatic heterocycles. The van der Waals surface area contributed by atoms with E-state index in [1.807, 2.05) is 18.2 Å². The van der Waals surface area contributed by atoms with E-state index in [2.05, 4.69) is 69.3 Å². The fourth-order valence-corrected chi connectivity index (χ4v) is 8.24. The molecule has 1 heterocycles. The lowest BCUT2D eigenvalue weighted by atomic mass is 10.2. The smallest absolute Gasteiger partial charge is 0.262 e. The first-order valence-corrected chi connectivity index (χ1v) is 10.6. The van der Waals surface area contributed by atoms with E-state index in [0.717, 1.165) is 0 Å². The van der Waals surface area contributed by atoms with Gasteiger partial charge in [0.1, 0.15) is 12.2 Å². The fourth-order valence-electron chi connectivity index (χ4n) is 3.58. The SMILES string of the molecule is CC(C)(C)[Si](O[C@H]1C=CO[C@@H]1CO)(c1ccccc1)c1ccccc1. The predicted molar refractivity (Wildman–Crippen MR) is 104 cm³/mol. The average molecular weight is 355 g/mol. The van der Waals surface area contributed by atoms with E-state index in [4.69, 9.17) is 9.16 Å². The van der Waals surface area contributed by atoms with Crippen LogP contribution in [0.15, 0.2) is 73.0 Å². The summed E-state index contributed by atoms with van der Waals surface area (Å²) >= 11 is 0. The Morgan fingerprint density at radius 1 is 0.960 bits per heavy atom. The van der Waals surface area contributed by atoms with E-state index in [-0.39, 0.29) is 23.9 Å². The molecule has 1 aliphatic heterocycles. The number of aliphatic hydroxyl groups excluding tert-OH is 1. The maximum Gasteiger partial charge on any atom is 0.262 e. The third-order valence-electron chi connectivity index (χ3n) is 4.80. The molecule has 0 aliphatic carbocycles. The van der Waals surface area contributed by atoms with Crippen LogP contribution < -0.4 is 10.4 Å². The van der Waals surface area contributed by atoms with Crippen molar-refractivity contribution in [3.63, 3.8) is 0 Å². The number of aliphatic hydroxyl groups is 1. The number of rotatable bonds is 5. The van der Waals surface area contributed by atoms with Gasteiger partial charge in [-0.05, 0) is 21.5 Å². The molecule has 132 valence electrons. The molecule has 2 aromatic rings. The molecule has 3 rings (SSSR count). The van der Waals surface area contributed by atoms with E-state index in [9.17, 15) is 5.11 Å². The van der Waals surface area contributed by atoms with Crippen LogP contribution in [0, 0.1) is 0 Å². The molecule has 25 heavy (non-hydrogen) atoms. The summed E-state index contributed by atoms with van der Waals surface area (Å²) in [6.07, 6.45) is 2.96. The van der Waals surface area contributed by atoms with Crippen LogP contribution in [-0.4, -0.2) is 32.2 Å². The minimum Gasteiger partial charge on any atom is -0.493 e. The summed E-state index contributed by atoms with van der Waals surface area (Å²) < 4.78 is 12.4. The summed E-state index contributed by atoms with van der Waals surface area (Å²) in [5.41, 5.74) is 0. The lowest BCUT2D eigenvalue weighted by Gasteiger charge is -2.44. The van der Waals surface area contributed by atoms with Gasteiger partial charge in [0, 0.05) is 0 Å². The quantitative estimate of drug-likeness (QED) is 0.839. The second-order valence-corrected chi connectivity index (χ2v) is 11.7. The van der Waals surface area contributed by atoms with Crippen LogP contribution in [0.25, 0.3) is 0 Å². The lowest BCUT2D eigenvalue weighted by Crippen LogP contribution is -2.68. The van der Waals surface area contributed by atoms with Crippen molar-refractivity contribution in [2.24, 2.45) is 0 Å². The van der Waals surface area contributed by atoms with Gasteiger partial charge in [0.25, 0.3) is 8.32 Å². The maximum absolute atomic E-state index is 9.65. The largest absolute Gasteiger partial charge is 0.493 e. The van der Waals surface area contributed by atoms with Crippen molar-refractivity contribution < 1.29 is 14.3 Å². The van der Waals surface area contributed by atoms with Gasteiger partial charge in [-0.2, -0.15) is 0 Å². The second kappa shape index (κ2) is 7.16. The number of benzene rings is 2. The Bertz CT molecular complexity index is 667. The van der Waals surface area contributed by atoms with Crippen molar-refractivity contribution in [3.05, 3.63) is 73.0 Å². The Balaban J connectivity index is 2.17. The molecule has 0 amide bonds. The highest BCUT2D eigenvalue weighted by atomic mass is 28.4. The van der Waals surface area contributed by atoms with Gasteiger partial charge in [0.2, 0.25) is 0 Å². The monoisotopic (exact) mass is 354 g/mol. The third kappa shape index (κ3) is 3.30. The van der Waals surface area contributed by atoms with E-state index >= 15 is 0 Å². The van der Waals surface area contributed by atoms with Gasteiger partial charge in [-0.15, -0.1) is 0 Å². The molecule has 2 aromatic carbocycles. The van der Waals surface area contributed by atoms with Crippen molar-refractivity contribution in [2.45, 2.75) is 38.0 Å². The highest BCUT2D eigenvalue weighted by Crippen LogP contribution is 2.38. The molecule has 0 radical (unpaired) electrons. The van der Waals surface area contributed by atoms with E-state index in [1.54, 1.807) is 6.26 Å². The molecule has 2 atom stereocenters. The van der Waals surface area contributed by atoms with Crippen molar-refractivity contribution in [1.29, 1.82) is 0 Å². The van der Waals surface area contributed by atoms with Gasteiger partial charge in [0.05, 0.1) is 12.9 Å². The first-order chi connectivity index (χ1) is 12.0. The van der Waals surface area contributed by atoms with Crippen LogP contribution in [0.4, 0.5) is 0 Å². The van der Waals surface area contributed by atoms with Crippen molar-refractivity contribution in [1.82, 2.24) is 0 Å². The lowest BCUT2D eigenvalue weighted by molar-refractivity contribution is 0.0282. The summed E-state index contributed by atoms with van der Waals surface area (Å²) in [6, 6.07) is 21.0. The van der Waals surface area contributed by atoms with E-state index in [1.165, 1.54) is 10.4 Å². The van der Waals surface area contributed by atoms with Crippen LogP contribution in [0.5, 0.6) is 0 Å². The van der Waals surface area contributed by atoms with Gasteiger partial charge in [0.15, 0.2) is 0 Å². The molecular formula is C21H26O3Si. The third-order valence-corrected chi connectivity index (χ3v) is 9.83. The summed E-state index contributed by atoms with van der Waals surface area (Å²) in [6.45, 7) is 6.67. The van der Waals surface area contributed by atoms with Gasteiger partial charge < -0.3 is 14.3 Å². The zero-order valence-corrected chi connectivity index (χ0v) is 16.1. The zero-order valence-electron chi connectivity index (χ0n) is 15.1. The van der Waals surface area contributed by atoms with Gasteiger partial charge >= 0.3 is 0 Å². The number of hydrogen-bond donors (Lipinski definition) is 1. The average Bonchev–Trinajstić information content (AvgIpc) is 3.07.